The summed E-state index contributed by atoms with van der Waals surface area (Å²) in [4.78, 5) is 10.6. The summed E-state index contributed by atoms with van der Waals surface area (Å²) in [5.74, 6) is 0.641. The summed E-state index contributed by atoms with van der Waals surface area (Å²) < 4.78 is 11.1. The molecular weight excluding hydrogens is 228 g/mol. The maximum Gasteiger partial charge on any atom is 0.199 e. The van der Waals surface area contributed by atoms with Crippen molar-refractivity contribution in [3.63, 3.8) is 0 Å². The predicted molar refractivity (Wildman–Crippen MR) is 61.1 cm³/mol. The zero-order valence-corrected chi connectivity index (χ0v) is 9.57. The third-order valence-electron chi connectivity index (χ3n) is 2.50. The second-order valence-electron chi connectivity index (χ2n) is 3.72. The van der Waals surface area contributed by atoms with Gasteiger partial charge in [-0.15, -0.1) is 0 Å². The van der Waals surface area contributed by atoms with E-state index >= 15 is 0 Å². The molecule has 2 rings (SSSR count). The Morgan fingerprint density at radius 1 is 1.44 bits per heavy atom. The van der Waals surface area contributed by atoms with Crippen molar-refractivity contribution in [3.8, 4) is 5.75 Å². The highest BCUT2D eigenvalue weighted by molar-refractivity contribution is 6.33. The Kier molecular flexibility index (Phi) is 3.80. The molecule has 1 aromatic rings. The van der Waals surface area contributed by atoms with E-state index in [2.05, 4.69) is 0 Å². The van der Waals surface area contributed by atoms with Crippen LogP contribution in [0.5, 0.6) is 5.75 Å². The lowest BCUT2D eigenvalue weighted by atomic mass is 10.2. The molecule has 0 aromatic heterocycles. The number of aldehydes is 1. The van der Waals surface area contributed by atoms with E-state index in [1.165, 1.54) is 0 Å². The average molecular weight is 241 g/mol. The van der Waals surface area contributed by atoms with E-state index in [9.17, 15) is 4.79 Å². The Morgan fingerprint density at radius 3 is 2.94 bits per heavy atom. The first-order valence-corrected chi connectivity index (χ1v) is 5.70. The third-order valence-corrected chi connectivity index (χ3v) is 2.83. The van der Waals surface area contributed by atoms with Gasteiger partial charge in [0, 0.05) is 12.0 Å². The summed E-state index contributed by atoms with van der Waals surface area (Å²) in [6, 6.07) is 5.02. The molecule has 1 saturated heterocycles. The zero-order valence-electron chi connectivity index (χ0n) is 8.82. The normalized spacial score (nSPS) is 20.4. The summed E-state index contributed by atoms with van der Waals surface area (Å²) in [6.45, 7) is 0.741. The maximum absolute atomic E-state index is 10.6. The first-order valence-electron chi connectivity index (χ1n) is 5.32. The lowest BCUT2D eigenvalue weighted by Gasteiger charge is -2.23. The third kappa shape index (κ3) is 2.74. The van der Waals surface area contributed by atoms with Crippen molar-refractivity contribution >= 4 is 17.9 Å². The van der Waals surface area contributed by atoms with Crippen molar-refractivity contribution in [3.05, 3.63) is 28.8 Å². The second kappa shape index (κ2) is 5.32. The Morgan fingerprint density at radius 2 is 2.31 bits per heavy atom. The van der Waals surface area contributed by atoms with Gasteiger partial charge in [0.25, 0.3) is 0 Å². The molecular formula is C12H13ClO3. The van der Waals surface area contributed by atoms with E-state index in [1.54, 1.807) is 18.2 Å². The number of benzene rings is 1. The standard InChI is InChI=1S/C12H13ClO3/c13-11-7-10(5-4-9(11)8-14)16-12-3-1-2-6-15-12/h4-5,7-8,12H,1-3,6H2. The van der Waals surface area contributed by atoms with Gasteiger partial charge in [0.2, 0.25) is 0 Å². The second-order valence-corrected chi connectivity index (χ2v) is 4.12. The minimum absolute atomic E-state index is 0.188. The van der Waals surface area contributed by atoms with Gasteiger partial charge in [-0.3, -0.25) is 4.79 Å². The van der Waals surface area contributed by atoms with Gasteiger partial charge in [0.05, 0.1) is 11.6 Å². The van der Waals surface area contributed by atoms with Gasteiger partial charge in [-0.2, -0.15) is 0 Å². The SMILES string of the molecule is O=Cc1ccc(OC2CCCCO2)cc1Cl. The highest BCUT2D eigenvalue weighted by Crippen LogP contribution is 2.24. The van der Waals surface area contributed by atoms with Crippen molar-refractivity contribution in [2.24, 2.45) is 0 Å². The van der Waals surface area contributed by atoms with Crippen LogP contribution < -0.4 is 4.74 Å². The van der Waals surface area contributed by atoms with Crippen molar-refractivity contribution in [1.29, 1.82) is 0 Å². The quantitative estimate of drug-likeness (QED) is 0.762. The molecule has 1 atom stereocenters. The van der Waals surface area contributed by atoms with Crippen LogP contribution in [-0.2, 0) is 4.74 Å². The van der Waals surface area contributed by atoms with Gasteiger partial charge in [-0.05, 0) is 31.0 Å². The number of halogens is 1. The van der Waals surface area contributed by atoms with E-state index < -0.39 is 0 Å². The van der Waals surface area contributed by atoms with E-state index in [0.29, 0.717) is 16.3 Å². The van der Waals surface area contributed by atoms with Crippen LogP contribution in [0.4, 0.5) is 0 Å². The van der Waals surface area contributed by atoms with E-state index in [-0.39, 0.29) is 6.29 Å². The number of ether oxygens (including phenoxy) is 2. The molecule has 86 valence electrons. The molecule has 1 aliphatic rings. The fraction of sp³-hybridized carbons (Fsp3) is 0.417. The zero-order chi connectivity index (χ0) is 11.4. The Balaban J connectivity index is 2.03. The van der Waals surface area contributed by atoms with Crippen LogP contribution >= 0.6 is 11.6 Å². The van der Waals surface area contributed by atoms with Crippen LogP contribution in [0.1, 0.15) is 29.6 Å². The van der Waals surface area contributed by atoms with Crippen LogP contribution in [-0.4, -0.2) is 19.2 Å². The Labute approximate surface area is 99.3 Å². The molecule has 0 aliphatic carbocycles. The fourth-order valence-corrected chi connectivity index (χ4v) is 1.85. The summed E-state index contributed by atoms with van der Waals surface area (Å²) in [5.41, 5.74) is 0.471. The van der Waals surface area contributed by atoms with Crippen molar-refractivity contribution in [2.45, 2.75) is 25.6 Å². The fourth-order valence-electron chi connectivity index (χ4n) is 1.63. The molecule has 1 fully saturated rings. The summed E-state index contributed by atoms with van der Waals surface area (Å²) in [5, 5.41) is 0.406. The largest absolute Gasteiger partial charge is 0.465 e. The highest BCUT2D eigenvalue weighted by atomic mass is 35.5. The van der Waals surface area contributed by atoms with Gasteiger partial charge in [0.15, 0.2) is 12.6 Å². The molecule has 0 bridgehead atoms. The van der Waals surface area contributed by atoms with Crippen LogP contribution in [0, 0.1) is 0 Å². The van der Waals surface area contributed by atoms with Gasteiger partial charge < -0.3 is 9.47 Å². The van der Waals surface area contributed by atoms with E-state index in [0.717, 1.165) is 32.2 Å². The smallest absolute Gasteiger partial charge is 0.199 e. The minimum atomic E-state index is -0.188. The summed E-state index contributed by atoms with van der Waals surface area (Å²) in [6.07, 6.45) is 3.64. The van der Waals surface area contributed by atoms with Gasteiger partial charge in [-0.1, -0.05) is 11.6 Å². The van der Waals surface area contributed by atoms with E-state index in [4.69, 9.17) is 21.1 Å². The lowest BCUT2D eigenvalue weighted by Crippen LogP contribution is -2.24. The van der Waals surface area contributed by atoms with Crippen molar-refractivity contribution < 1.29 is 14.3 Å². The number of carbonyl (C=O) groups is 1. The van der Waals surface area contributed by atoms with Crippen LogP contribution in [0.3, 0.4) is 0 Å². The molecule has 0 saturated carbocycles. The molecule has 16 heavy (non-hydrogen) atoms. The van der Waals surface area contributed by atoms with Crippen LogP contribution in [0.2, 0.25) is 5.02 Å². The number of hydrogen-bond donors (Lipinski definition) is 0. The molecule has 3 nitrogen and oxygen atoms in total. The minimum Gasteiger partial charge on any atom is -0.465 e. The van der Waals surface area contributed by atoms with E-state index in [1.807, 2.05) is 0 Å². The molecule has 1 unspecified atom stereocenters. The van der Waals surface area contributed by atoms with Crippen LogP contribution in [0.25, 0.3) is 0 Å². The average Bonchev–Trinajstić information content (AvgIpc) is 2.31. The molecule has 1 aromatic carbocycles. The first-order chi connectivity index (χ1) is 7.79. The van der Waals surface area contributed by atoms with Crippen molar-refractivity contribution in [1.82, 2.24) is 0 Å². The molecule has 1 heterocycles. The Hall–Kier alpha value is -1.06. The topological polar surface area (TPSA) is 35.5 Å². The van der Waals surface area contributed by atoms with Gasteiger partial charge >= 0.3 is 0 Å². The molecule has 0 radical (unpaired) electrons. The maximum atomic E-state index is 10.6. The molecule has 0 N–H and O–H groups in total. The Bertz CT molecular complexity index is 373. The lowest BCUT2D eigenvalue weighted by molar-refractivity contribution is -0.105. The van der Waals surface area contributed by atoms with Gasteiger partial charge in [-0.25, -0.2) is 0 Å². The van der Waals surface area contributed by atoms with Crippen molar-refractivity contribution in [2.75, 3.05) is 6.61 Å². The molecule has 1 aliphatic heterocycles. The highest BCUT2D eigenvalue weighted by Gasteiger charge is 2.15. The first kappa shape index (κ1) is 11.4. The van der Waals surface area contributed by atoms with Gasteiger partial charge in [0.1, 0.15) is 5.75 Å². The summed E-state index contributed by atoms with van der Waals surface area (Å²) in [7, 11) is 0. The number of carbonyl (C=O) groups excluding carboxylic acids is 1. The number of rotatable bonds is 3. The molecule has 0 amide bonds. The predicted octanol–water partition coefficient (Wildman–Crippen LogP) is 3.06. The van der Waals surface area contributed by atoms with Crippen LogP contribution in [0.15, 0.2) is 18.2 Å². The summed E-state index contributed by atoms with van der Waals surface area (Å²) >= 11 is 5.90. The monoisotopic (exact) mass is 240 g/mol. The number of hydrogen-bond acceptors (Lipinski definition) is 3. The molecule has 4 heteroatoms. The molecule has 0 spiro atoms.